The average molecular weight is 449 g/mol. The minimum Gasteiger partial charge on any atom is -0.366 e. The van der Waals surface area contributed by atoms with Crippen molar-refractivity contribution in [1.29, 1.82) is 0 Å². The lowest BCUT2D eigenvalue weighted by Crippen LogP contribution is -2.28. The summed E-state index contributed by atoms with van der Waals surface area (Å²) in [5.41, 5.74) is 8.23. The molecule has 2 atom stereocenters. The maximum Gasteiger partial charge on any atom is 0.241 e. The predicted octanol–water partition coefficient (Wildman–Crippen LogP) is 4.53. The number of benzene rings is 2. The number of hydrogen-bond acceptors (Lipinski definition) is 4. The van der Waals surface area contributed by atoms with Crippen LogP contribution in [0, 0.1) is 0 Å². The predicted molar refractivity (Wildman–Crippen MR) is 102 cm³/mol. The Kier molecular flexibility index (Phi) is 4.05. The molecular formula is C17H15Br2N5. The van der Waals surface area contributed by atoms with E-state index in [9.17, 15) is 0 Å². The van der Waals surface area contributed by atoms with Crippen molar-refractivity contribution in [2.45, 2.75) is 18.5 Å². The van der Waals surface area contributed by atoms with Crippen LogP contribution < -0.4 is 11.1 Å². The fourth-order valence-corrected chi connectivity index (χ4v) is 3.78. The second kappa shape index (κ2) is 6.22. The van der Waals surface area contributed by atoms with E-state index in [0.29, 0.717) is 5.95 Å². The van der Waals surface area contributed by atoms with E-state index in [0.717, 1.165) is 15.4 Å². The van der Waals surface area contributed by atoms with Crippen LogP contribution >= 0.6 is 31.9 Å². The molecule has 1 aliphatic rings. The normalized spacial score (nSPS) is 19.6. The molecule has 122 valence electrons. The molecule has 1 aromatic heterocycles. The van der Waals surface area contributed by atoms with Crippen LogP contribution in [-0.4, -0.2) is 14.8 Å². The van der Waals surface area contributed by atoms with E-state index in [2.05, 4.69) is 83.7 Å². The summed E-state index contributed by atoms with van der Waals surface area (Å²) in [4.78, 5) is 4.34. The minimum atomic E-state index is 0.0807. The third-order valence-corrected chi connectivity index (χ3v) is 5.23. The van der Waals surface area contributed by atoms with Gasteiger partial charge < -0.3 is 11.1 Å². The standard InChI is InChI=1S/C17H15Br2N5/c18-12-6-4-10(5-7-12)14-9-15(11-2-1-3-13(19)8-11)24-17(21-14)22-16(20)23-24/h1-8,14-15H,9H2,(H3,20,21,22,23)/t14-,15+/m1/s1. The zero-order chi connectivity index (χ0) is 16.7. The molecule has 0 radical (unpaired) electrons. The number of hydrogen-bond donors (Lipinski definition) is 2. The van der Waals surface area contributed by atoms with Gasteiger partial charge in [-0.3, -0.25) is 0 Å². The van der Waals surface area contributed by atoms with Gasteiger partial charge in [0.05, 0.1) is 12.1 Å². The molecule has 0 amide bonds. The number of aromatic nitrogens is 3. The SMILES string of the molecule is Nc1nc2n(n1)[C@H](c1cccc(Br)c1)C[C@H](c1ccc(Br)cc1)N2. The highest BCUT2D eigenvalue weighted by atomic mass is 79.9. The fraction of sp³-hybridized carbons (Fsp3) is 0.176. The Bertz CT molecular complexity index is 875. The molecule has 1 aliphatic heterocycles. The summed E-state index contributed by atoms with van der Waals surface area (Å²) < 4.78 is 4.00. The molecular weight excluding hydrogens is 434 g/mol. The van der Waals surface area contributed by atoms with Crippen molar-refractivity contribution in [1.82, 2.24) is 14.8 Å². The monoisotopic (exact) mass is 447 g/mol. The molecule has 2 aromatic carbocycles. The first-order chi connectivity index (χ1) is 11.6. The molecule has 3 N–H and O–H groups in total. The summed E-state index contributed by atoms with van der Waals surface area (Å²) in [6, 6.07) is 16.9. The number of halogens is 2. The van der Waals surface area contributed by atoms with Crippen molar-refractivity contribution >= 4 is 43.8 Å². The van der Waals surface area contributed by atoms with Crippen LogP contribution in [0.3, 0.4) is 0 Å². The average Bonchev–Trinajstić information content (AvgIpc) is 2.94. The zero-order valence-corrected chi connectivity index (χ0v) is 15.8. The van der Waals surface area contributed by atoms with Gasteiger partial charge in [0, 0.05) is 8.95 Å². The molecule has 7 heteroatoms. The first-order valence-electron chi connectivity index (χ1n) is 7.59. The largest absolute Gasteiger partial charge is 0.366 e. The van der Waals surface area contributed by atoms with Crippen molar-refractivity contribution in [3.05, 3.63) is 68.6 Å². The molecule has 0 aliphatic carbocycles. The molecule has 24 heavy (non-hydrogen) atoms. The van der Waals surface area contributed by atoms with E-state index in [1.54, 1.807) is 0 Å². The lowest BCUT2D eigenvalue weighted by atomic mass is 9.93. The first kappa shape index (κ1) is 15.7. The van der Waals surface area contributed by atoms with Crippen molar-refractivity contribution in [2.75, 3.05) is 11.1 Å². The fourth-order valence-electron chi connectivity index (χ4n) is 3.10. The van der Waals surface area contributed by atoms with Crippen LogP contribution in [0.2, 0.25) is 0 Å². The van der Waals surface area contributed by atoms with Crippen molar-refractivity contribution in [3.8, 4) is 0 Å². The van der Waals surface area contributed by atoms with Crippen LogP contribution in [0.25, 0.3) is 0 Å². The first-order valence-corrected chi connectivity index (χ1v) is 9.18. The number of nitrogen functional groups attached to an aromatic ring is 1. The van der Waals surface area contributed by atoms with Crippen LogP contribution in [0.1, 0.15) is 29.6 Å². The summed E-state index contributed by atoms with van der Waals surface area (Å²) in [5, 5.41) is 7.83. The third-order valence-electron chi connectivity index (χ3n) is 4.21. The third kappa shape index (κ3) is 2.93. The van der Waals surface area contributed by atoms with Gasteiger partial charge in [-0.05, 0) is 41.8 Å². The smallest absolute Gasteiger partial charge is 0.241 e. The molecule has 0 unspecified atom stereocenters. The second-order valence-corrected chi connectivity index (χ2v) is 7.62. The molecule has 4 rings (SSSR count). The van der Waals surface area contributed by atoms with Gasteiger partial charge >= 0.3 is 0 Å². The van der Waals surface area contributed by atoms with Gasteiger partial charge in [-0.2, -0.15) is 4.98 Å². The van der Waals surface area contributed by atoms with E-state index >= 15 is 0 Å². The van der Waals surface area contributed by atoms with E-state index in [-0.39, 0.29) is 18.0 Å². The summed E-state index contributed by atoms with van der Waals surface area (Å²) >= 11 is 7.04. The Labute approximate surface area is 156 Å². The number of nitrogens with two attached hydrogens (primary N) is 1. The number of nitrogens with zero attached hydrogens (tertiary/aromatic N) is 3. The Hall–Kier alpha value is -1.86. The van der Waals surface area contributed by atoms with Crippen LogP contribution in [0.4, 0.5) is 11.9 Å². The highest BCUT2D eigenvalue weighted by Gasteiger charge is 2.30. The molecule has 3 aromatic rings. The minimum absolute atomic E-state index is 0.0807. The maximum atomic E-state index is 5.83. The van der Waals surface area contributed by atoms with Crippen LogP contribution in [-0.2, 0) is 0 Å². The van der Waals surface area contributed by atoms with Gasteiger partial charge in [0.1, 0.15) is 0 Å². The molecule has 5 nitrogen and oxygen atoms in total. The highest BCUT2D eigenvalue weighted by Crippen LogP contribution is 2.38. The second-order valence-electron chi connectivity index (χ2n) is 5.79. The quantitative estimate of drug-likeness (QED) is 0.604. The summed E-state index contributed by atoms with van der Waals surface area (Å²) in [6.07, 6.45) is 0.869. The number of fused-ring (bicyclic) bond motifs is 1. The Balaban J connectivity index is 1.76. The summed E-state index contributed by atoms with van der Waals surface area (Å²) in [6.45, 7) is 0. The number of nitrogens with one attached hydrogen (secondary N) is 1. The van der Waals surface area contributed by atoms with Gasteiger partial charge in [0.15, 0.2) is 0 Å². The van der Waals surface area contributed by atoms with Crippen molar-refractivity contribution in [3.63, 3.8) is 0 Å². The molecule has 2 heterocycles. The van der Waals surface area contributed by atoms with Crippen molar-refractivity contribution in [2.24, 2.45) is 0 Å². The molecule has 0 saturated heterocycles. The summed E-state index contributed by atoms with van der Waals surface area (Å²) in [7, 11) is 0. The lowest BCUT2D eigenvalue weighted by molar-refractivity contribution is 0.431. The number of rotatable bonds is 2. The van der Waals surface area contributed by atoms with Gasteiger partial charge in [-0.25, -0.2) is 4.68 Å². The molecule has 0 fully saturated rings. The van der Waals surface area contributed by atoms with E-state index in [1.807, 2.05) is 16.8 Å². The maximum absolute atomic E-state index is 5.83. The zero-order valence-electron chi connectivity index (χ0n) is 12.7. The van der Waals surface area contributed by atoms with E-state index < -0.39 is 0 Å². The van der Waals surface area contributed by atoms with E-state index in [4.69, 9.17) is 5.73 Å². The lowest BCUT2D eigenvalue weighted by Gasteiger charge is -2.31. The van der Waals surface area contributed by atoms with Gasteiger partial charge in [-0.1, -0.05) is 56.1 Å². The Morgan fingerprint density at radius 3 is 2.58 bits per heavy atom. The van der Waals surface area contributed by atoms with Crippen LogP contribution in [0.15, 0.2) is 57.5 Å². The van der Waals surface area contributed by atoms with Gasteiger partial charge in [0.2, 0.25) is 11.9 Å². The Morgan fingerprint density at radius 1 is 1.04 bits per heavy atom. The highest BCUT2D eigenvalue weighted by molar-refractivity contribution is 9.10. The molecule has 0 bridgehead atoms. The van der Waals surface area contributed by atoms with Crippen LogP contribution in [0.5, 0.6) is 0 Å². The molecule has 0 saturated carbocycles. The van der Waals surface area contributed by atoms with Crippen molar-refractivity contribution < 1.29 is 0 Å². The number of anilines is 2. The van der Waals surface area contributed by atoms with Gasteiger partial charge in [-0.15, -0.1) is 5.10 Å². The molecule has 0 spiro atoms. The Morgan fingerprint density at radius 2 is 1.83 bits per heavy atom. The topological polar surface area (TPSA) is 68.8 Å². The van der Waals surface area contributed by atoms with Gasteiger partial charge in [0.25, 0.3) is 0 Å². The summed E-state index contributed by atoms with van der Waals surface area (Å²) in [5.74, 6) is 0.991. The van der Waals surface area contributed by atoms with E-state index in [1.165, 1.54) is 11.1 Å².